The van der Waals surface area contributed by atoms with Gasteiger partial charge in [-0.1, -0.05) is 0 Å². The number of aromatic nitrogens is 2. The highest BCUT2D eigenvalue weighted by molar-refractivity contribution is 9.10. The Morgan fingerprint density at radius 3 is 3.06 bits per heavy atom. The first-order chi connectivity index (χ1) is 8.22. The molecule has 0 aromatic carbocycles. The van der Waals surface area contributed by atoms with Gasteiger partial charge in [-0.3, -0.25) is 4.68 Å². The zero-order valence-electron chi connectivity index (χ0n) is 10.5. The molecule has 96 valence electrons. The first-order valence-corrected chi connectivity index (χ1v) is 7.02. The minimum absolute atomic E-state index is 0.674. The fourth-order valence-corrected chi connectivity index (χ4v) is 2.60. The highest BCUT2D eigenvalue weighted by atomic mass is 79.9. The third-order valence-corrected chi connectivity index (χ3v) is 4.23. The average molecular weight is 302 g/mol. The first kappa shape index (κ1) is 13.1. The summed E-state index contributed by atoms with van der Waals surface area (Å²) < 4.78 is 8.55. The number of hydrogen-bond donors (Lipinski definition) is 1. The largest absolute Gasteiger partial charge is 0.381 e. The second-order valence-electron chi connectivity index (χ2n) is 4.52. The maximum Gasteiger partial charge on any atom is 0.0739 e. The highest BCUT2D eigenvalue weighted by Gasteiger charge is 2.16. The van der Waals surface area contributed by atoms with E-state index in [0.717, 1.165) is 43.0 Å². The zero-order chi connectivity index (χ0) is 12.3. The smallest absolute Gasteiger partial charge is 0.0739 e. The van der Waals surface area contributed by atoms with E-state index in [0.29, 0.717) is 5.92 Å². The Balaban J connectivity index is 1.89. The lowest BCUT2D eigenvalue weighted by Gasteiger charge is -2.10. The number of rotatable bonds is 5. The van der Waals surface area contributed by atoms with E-state index in [9.17, 15) is 0 Å². The van der Waals surface area contributed by atoms with Gasteiger partial charge in [0.2, 0.25) is 0 Å². The summed E-state index contributed by atoms with van der Waals surface area (Å²) in [5.74, 6) is 0.674. The predicted molar refractivity (Wildman–Crippen MR) is 71.0 cm³/mol. The molecule has 0 bridgehead atoms. The van der Waals surface area contributed by atoms with Crippen molar-refractivity contribution < 1.29 is 4.74 Å². The highest BCUT2D eigenvalue weighted by Crippen LogP contribution is 2.21. The van der Waals surface area contributed by atoms with Crippen molar-refractivity contribution in [3.8, 4) is 0 Å². The molecule has 1 N–H and O–H groups in total. The summed E-state index contributed by atoms with van der Waals surface area (Å²) in [6, 6.07) is 0. The summed E-state index contributed by atoms with van der Waals surface area (Å²) in [4.78, 5) is 0. The molecule has 1 aliphatic rings. The van der Waals surface area contributed by atoms with Gasteiger partial charge in [0, 0.05) is 26.2 Å². The molecule has 5 heteroatoms. The Bertz CT molecular complexity index is 372. The molecule has 1 aromatic rings. The second kappa shape index (κ2) is 5.98. The topological polar surface area (TPSA) is 39.1 Å². The van der Waals surface area contributed by atoms with Crippen molar-refractivity contribution in [3.63, 3.8) is 0 Å². The normalized spacial score (nSPS) is 20.1. The number of hydrogen-bond acceptors (Lipinski definition) is 3. The van der Waals surface area contributed by atoms with Gasteiger partial charge in [-0.2, -0.15) is 5.10 Å². The van der Waals surface area contributed by atoms with Gasteiger partial charge in [-0.05, 0) is 42.1 Å². The molecule has 17 heavy (non-hydrogen) atoms. The van der Waals surface area contributed by atoms with Crippen LogP contribution in [0, 0.1) is 12.8 Å². The van der Waals surface area contributed by atoms with Crippen LogP contribution in [0.5, 0.6) is 0 Å². The van der Waals surface area contributed by atoms with Crippen LogP contribution in [-0.4, -0.2) is 29.5 Å². The maximum atomic E-state index is 5.37. The van der Waals surface area contributed by atoms with E-state index in [4.69, 9.17) is 4.74 Å². The quantitative estimate of drug-likeness (QED) is 0.905. The zero-order valence-corrected chi connectivity index (χ0v) is 12.1. The van der Waals surface area contributed by atoms with Crippen molar-refractivity contribution in [1.29, 1.82) is 0 Å². The van der Waals surface area contributed by atoms with Crippen LogP contribution in [0.3, 0.4) is 0 Å². The van der Waals surface area contributed by atoms with Gasteiger partial charge in [0.05, 0.1) is 22.5 Å². The molecule has 0 spiro atoms. The summed E-state index contributed by atoms with van der Waals surface area (Å²) in [6.45, 7) is 8.78. The van der Waals surface area contributed by atoms with Gasteiger partial charge in [0.1, 0.15) is 0 Å². The van der Waals surface area contributed by atoms with Gasteiger partial charge in [-0.25, -0.2) is 0 Å². The summed E-state index contributed by atoms with van der Waals surface area (Å²) >= 11 is 3.61. The lowest BCUT2D eigenvalue weighted by Crippen LogP contribution is -2.24. The molecule has 0 aliphatic carbocycles. The van der Waals surface area contributed by atoms with E-state index in [2.05, 4.69) is 38.0 Å². The molecule has 0 radical (unpaired) electrons. The molecule has 1 atom stereocenters. The second-order valence-corrected chi connectivity index (χ2v) is 5.32. The molecular weight excluding hydrogens is 282 g/mol. The molecule has 0 saturated carbocycles. The Morgan fingerprint density at radius 1 is 1.59 bits per heavy atom. The molecule has 1 saturated heterocycles. The van der Waals surface area contributed by atoms with Crippen molar-refractivity contribution in [2.24, 2.45) is 5.92 Å². The minimum atomic E-state index is 0.674. The molecule has 4 nitrogen and oxygen atoms in total. The van der Waals surface area contributed by atoms with Crippen molar-refractivity contribution in [2.75, 3.05) is 19.8 Å². The van der Waals surface area contributed by atoms with Crippen LogP contribution >= 0.6 is 15.9 Å². The van der Waals surface area contributed by atoms with Crippen LogP contribution in [0.1, 0.15) is 24.7 Å². The van der Waals surface area contributed by atoms with E-state index >= 15 is 0 Å². The number of nitrogens with zero attached hydrogens (tertiary/aromatic N) is 2. The SMILES string of the molecule is CCn1nc(C)c(Br)c1CNCC1CCOC1. The van der Waals surface area contributed by atoms with Crippen molar-refractivity contribution in [2.45, 2.75) is 33.4 Å². The van der Waals surface area contributed by atoms with Gasteiger partial charge in [0.15, 0.2) is 0 Å². The third kappa shape index (κ3) is 3.09. The van der Waals surface area contributed by atoms with Crippen molar-refractivity contribution in [3.05, 3.63) is 15.9 Å². The molecule has 2 rings (SSSR count). The van der Waals surface area contributed by atoms with Gasteiger partial charge in [-0.15, -0.1) is 0 Å². The molecule has 1 aromatic heterocycles. The standard InChI is InChI=1S/C12H20BrN3O/c1-3-16-11(12(13)9(2)15-16)7-14-6-10-4-5-17-8-10/h10,14H,3-8H2,1-2H3. The van der Waals surface area contributed by atoms with Gasteiger partial charge < -0.3 is 10.1 Å². The fraction of sp³-hybridized carbons (Fsp3) is 0.750. The van der Waals surface area contributed by atoms with Gasteiger partial charge >= 0.3 is 0 Å². The molecule has 1 fully saturated rings. The maximum absolute atomic E-state index is 5.37. The average Bonchev–Trinajstić information content (AvgIpc) is 2.92. The van der Waals surface area contributed by atoms with Crippen LogP contribution in [0.4, 0.5) is 0 Å². The Labute approximate surface area is 111 Å². The molecule has 1 unspecified atom stereocenters. The summed E-state index contributed by atoms with van der Waals surface area (Å²) in [6.07, 6.45) is 1.18. The Hall–Kier alpha value is -0.390. The fourth-order valence-electron chi connectivity index (χ4n) is 2.18. The van der Waals surface area contributed by atoms with E-state index < -0.39 is 0 Å². The third-order valence-electron chi connectivity index (χ3n) is 3.20. The molecular formula is C12H20BrN3O. The van der Waals surface area contributed by atoms with Crippen molar-refractivity contribution in [1.82, 2.24) is 15.1 Å². The molecule has 1 aliphatic heterocycles. The lowest BCUT2D eigenvalue weighted by molar-refractivity contribution is 0.185. The van der Waals surface area contributed by atoms with Crippen molar-refractivity contribution >= 4 is 15.9 Å². The summed E-state index contributed by atoms with van der Waals surface area (Å²) in [7, 11) is 0. The number of nitrogens with one attached hydrogen (secondary N) is 1. The van der Waals surface area contributed by atoms with Crippen LogP contribution in [0.15, 0.2) is 4.47 Å². The van der Waals surface area contributed by atoms with Gasteiger partial charge in [0.25, 0.3) is 0 Å². The van der Waals surface area contributed by atoms with E-state index in [1.165, 1.54) is 12.1 Å². The van der Waals surface area contributed by atoms with Crippen LogP contribution in [-0.2, 0) is 17.8 Å². The minimum Gasteiger partial charge on any atom is -0.381 e. The lowest BCUT2D eigenvalue weighted by atomic mass is 10.1. The Kier molecular flexibility index (Phi) is 4.59. The molecule has 0 amide bonds. The summed E-state index contributed by atoms with van der Waals surface area (Å²) in [5.41, 5.74) is 2.30. The number of aryl methyl sites for hydroxylation is 2. The van der Waals surface area contributed by atoms with E-state index in [1.807, 2.05) is 6.92 Å². The van der Waals surface area contributed by atoms with Crippen LogP contribution in [0.25, 0.3) is 0 Å². The first-order valence-electron chi connectivity index (χ1n) is 6.22. The number of halogens is 1. The van der Waals surface area contributed by atoms with Crippen LogP contribution in [0.2, 0.25) is 0 Å². The van der Waals surface area contributed by atoms with E-state index in [1.54, 1.807) is 0 Å². The molecule has 2 heterocycles. The number of ether oxygens (including phenoxy) is 1. The van der Waals surface area contributed by atoms with Crippen LogP contribution < -0.4 is 5.32 Å². The summed E-state index contributed by atoms with van der Waals surface area (Å²) in [5, 5.41) is 7.99. The Morgan fingerprint density at radius 2 is 2.41 bits per heavy atom. The predicted octanol–water partition coefficient (Wildman–Crippen LogP) is 2.10. The monoisotopic (exact) mass is 301 g/mol. The van der Waals surface area contributed by atoms with E-state index in [-0.39, 0.29) is 0 Å².